The average Bonchev–Trinajstić information content (AvgIpc) is 2.46. The lowest BCUT2D eigenvalue weighted by Crippen LogP contribution is -2.13. The Bertz CT molecular complexity index is 631. The second-order valence-corrected chi connectivity index (χ2v) is 6.04. The lowest BCUT2D eigenvalue weighted by Gasteiger charge is -2.15. The molecule has 0 aliphatic carbocycles. The molecule has 0 amide bonds. The van der Waals surface area contributed by atoms with Crippen LogP contribution in [0.25, 0.3) is 0 Å². The summed E-state index contributed by atoms with van der Waals surface area (Å²) in [4.78, 5) is 0. The van der Waals surface area contributed by atoms with E-state index in [1.165, 1.54) is 24.3 Å². The zero-order chi connectivity index (χ0) is 15.4. The van der Waals surface area contributed by atoms with Gasteiger partial charge in [-0.15, -0.1) is 11.6 Å². The molecule has 0 saturated carbocycles. The van der Waals surface area contributed by atoms with Gasteiger partial charge in [-0.05, 0) is 64.5 Å². The van der Waals surface area contributed by atoms with Gasteiger partial charge in [-0.3, -0.25) is 0 Å². The molecule has 0 nitrogen and oxygen atoms in total. The molecule has 112 valence electrons. The maximum absolute atomic E-state index is 14.0. The highest BCUT2D eigenvalue weighted by molar-refractivity contribution is 9.10. The van der Waals surface area contributed by atoms with Gasteiger partial charge >= 0.3 is 0 Å². The molecule has 0 heterocycles. The minimum atomic E-state index is -0.607. The van der Waals surface area contributed by atoms with E-state index >= 15 is 0 Å². The molecule has 1 unspecified atom stereocenters. The smallest absolute Gasteiger partial charge is 0.143 e. The third kappa shape index (κ3) is 4.24. The number of hydrogen-bond donors (Lipinski definition) is 0. The van der Waals surface area contributed by atoms with Crippen molar-refractivity contribution in [3.63, 3.8) is 0 Å². The Hall–Kier alpha value is -1.000. The Morgan fingerprint density at radius 3 is 2.48 bits per heavy atom. The molecule has 2 aromatic rings. The minimum absolute atomic E-state index is 0.00595. The normalized spacial score (nSPS) is 12.4. The van der Waals surface area contributed by atoms with Crippen molar-refractivity contribution >= 4 is 27.5 Å². The number of halogens is 5. The van der Waals surface area contributed by atoms with Crippen LogP contribution in [0.5, 0.6) is 0 Å². The molecule has 1 atom stereocenters. The van der Waals surface area contributed by atoms with E-state index in [-0.39, 0.29) is 34.1 Å². The predicted octanol–water partition coefficient (Wildman–Crippen LogP) is 5.51. The standard InChI is InChI=1S/C16H13BrClF3/c17-14-4-5-15(20)13(16(14)21)8-11(9-18)6-10-2-1-3-12(19)7-10/h1-5,7,11H,6,8-9H2. The molecule has 0 N–H and O–H groups in total. The highest BCUT2D eigenvalue weighted by Gasteiger charge is 2.18. The number of rotatable bonds is 5. The van der Waals surface area contributed by atoms with Crippen LogP contribution in [0, 0.1) is 23.4 Å². The summed E-state index contributed by atoms with van der Waals surface area (Å²) in [6.07, 6.45) is 0.629. The maximum atomic E-state index is 14.0. The van der Waals surface area contributed by atoms with Crippen LogP contribution in [0.1, 0.15) is 11.1 Å². The van der Waals surface area contributed by atoms with Gasteiger partial charge in [-0.25, -0.2) is 13.2 Å². The molecule has 0 saturated heterocycles. The minimum Gasteiger partial charge on any atom is -0.207 e. The molecule has 0 radical (unpaired) electrons. The molecule has 2 rings (SSSR count). The second-order valence-electron chi connectivity index (χ2n) is 4.88. The van der Waals surface area contributed by atoms with Gasteiger partial charge in [0.1, 0.15) is 17.5 Å². The SMILES string of the molecule is Fc1cccc(CC(CCl)Cc2c(F)ccc(Br)c2F)c1. The highest BCUT2D eigenvalue weighted by Crippen LogP contribution is 2.25. The van der Waals surface area contributed by atoms with E-state index in [0.29, 0.717) is 6.42 Å². The Kier molecular flexibility index (Phi) is 5.71. The van der Waals surface area contributed by atoms with Crippen LogP contribution < -0.4 is 0 Å². The van der Waals surface area contributed by atoms with Crippen molar-refractivity contribution in [1.29, 1.82) is 0 Å². The van der Waals surface area contributed by atoms with Gasteiger partial charge in [-0.2, -0.15) is 0 Å². The van der Waals surface area contributed by atoms with E-state index in [1.54, 1.807) is 12.1 Å². The Labute approximate surface area is 135 Å². The fourth-order valence-electron chi connectivity index (χ4n) is 2.22. The van der Waals surface area contributed by atoms with E-state index < -0.39 is 11.6 Å². The summed E-state index contributed by atoms with van der Waals surface area (Å²) < 4.78 is 41.1. The van der Waals surface area contributed by atoms with E-state index in [1.807, 2.05) is 0 Å². The molecule has 0 aliphatic rings. The van der Waals surface area contributed by atoms with Crippen molar-refractivity contribution in [3.8, 4) is 0 Å². The summed E-state index contributed by atoms with van der Waals surface area (Å²) in [6.45, 7) is 0. The summed E-state index contributed by atoms with van der Waals surface area (Å²) in [5, 5.41) is 0. The van der Waals surface area contributed by atoms with E-state index in [0.717, 1.165) is 5.56 Å². The van der Waals surface area contributed by atoms with Gasteiger partial charge in [0, 0.05) is 11.4 Å². The van der Waals surface area contributed by atoms with E-state index in [9.17, 15) is 13.2 Å². The first kappa shape index (κ1) is 16.4. The first-order valence-corrected chi connectivity index (χ1v) is 7.76. The lowest BCUT2D eigenvalue weighted by atomic mass is 9.93. The van der Waals surface area contributed by atoms with Crippen LogP contribution in [0.2, 0.25) is 0 Å². The number of hydrogen-bond acceptors (Lipinski definition) is 0. The maximum Gasteiger partial charge on any atom is 0.143 e. The fraction of sp³-hybridized carbons (Fsp3) is 0.250. The fourth-order valence-corrected chi connectivity index (χ4v) is 2.81. The molecule has 5 heteroatoms. The Balaban J connectivity index is 2.18. The summed E-state index contributed by atoms with van der Waals surface area (Å²) in [6, 6.07) is 8.69. The predicted molar refractivity (Wildman–Crippen MR) is 82.1 cm³/mol. The van der Waals surface area contributed by atoms with Gasteiger partial charge in [0.15, 0.2) is 0 Å². The van der Waals surface area contributed by atoms with Gasteiger partial charge in [0.05, 0.1) is 4.47 Å². The quantitative estimate of drug-likeness (QED) is 0.476. The van der Waals surface area contributed by atoms with Gasteiger partial charge in [0.2, 0.25) is 0 Å². The van der Waals surface area contributed by atoms with Crippen molar-refractivity contribution in [2.45, 2.75) is 12.8 Å². The van der Waals surface area contributed by atoms with Crippen molar-refractivity contribution in [2.75, 3.05) is 5.88 Å². The topological polar surface area (TPSA) is 0 Å². The zero-order valence-corrected chi connectivity index (χ0v) is 13.4. The highest BCUT2D eigenvalue weighted by atomic mass is 79.9. The van der Waals surface area contributed by atoms with Crippen LogP contribution in [0.4, 0.5) is 13.2 Å². The van der Waals surface area contributed by atoms with E-state index in [4.69, 9.17) is 11.6 Å². The van der Waals surface area contributed by atoms with Gasteiger partial charge in [0.25, 0.3) is 0 Å². The molecule has 0 aliphatic heterocycles. The van der Waals surface area contributed by atoms with Crippen molar-refractivity contribution in [3.05, 3.63) is 69.4 Å². The lowest BCUT2D eigenvalue weighted by molar-refractivity contribution is 0.504. The molecule has 21 heavy (non-hydrogen) atoms. The summed E-state index contributed by atoms with van der Waals surface area (Å²) in [5.74, 6) is -1.47. The second kappa shape index (κ2) is 7.32. The molecule has 0 spiro atoms. The summed E-state index contributed by atoms with van der Waals surface area (Å²) in [7, 11) is 0. The van der Waals surface area contributed by atoms with Crippen LogP contribution in [-0.4, -0.2) is 5.88 Å². The van der Waals surface area contributed by atoms with Gasteiger partial charge in [-0.1, -0.05) is 12.1 Å². The molecule has 0 bridgehead atoms. The Morgan fingerprint density at radius 2 is 1.81 bits per heavy atom. The first-order chi connectivity index (χ1) is 10.0. The van der Waals surface area contributed by atoms with Crippen molar-refractivity contribution in [1.82, 2.24) is 0 Å². The molecular weight excluding hydrogens is 365 g/mol. The van der Waals surface area contributed by atoms with Crippen LogP contribution in [0.15, 0.2) is 40.9 Å². The third-order valence-electron chi connectivity index (χ3n) is 3.26. The van der Waals surface area contributed by atoms with Gasteiger partial charge < -0.3 is 0 Å². The van der Waals surface area contributed by atoms with Crippen LogP contribution >= 0.6 is 27.5 Å². The molecule has 0 aromatic heterocycles. The zero-order valence-electron chi connectivity index (χ0n) is 11.1. The molecule has 0 fully saturated rings. The van der Waals surface area contributed by atoms with Crippen LogP contribution in [-0.2, 0) is 12.8 Å². The van der Waals surface area contributed by atoms with Crippen molar-refractivity contribution in [2.24, 2.45) is 5.92 Å². The molecular formula is C16H13BrClF3. The average molecular weight is 378 g/mol. The Morgan fingerprint density at radius 1 is 1.05 bits per heavy atom. The van der Waals surface area contributed by atoms with Crippen molar-refractivity contribution < 1.29 is 13.2 Å². The van der Waals surface area contributed by atoms with Crippen LogP contribution in [0.3, 0.4) is 0 Å². The monoisotopic (exact) mass is 376 g/mol. The number of alkyl halides is 1. The largest absolute Gasteiger partial charge is 0.207 e. The number of benzene rings is 2. The third-order valence-corrected chi connectivity index (χ3v) is 4.31. The summed E-state index contributed by atoms with van der Waals surface area (Å²) in [5.41, 5.74) is 0.767. The van der Waals surface area contributed by atoms with E-state index in [2.05, 4.69) is 15.9 Å². The summed E-state index contributed by atoms with van der Waals surface area (Å²) >= 11 is 8.95. The first-order valence-electron chi connectivity index (χ1n) is 6.44. The molecule has 2 aromatic carbocycles.